The Bertz CT molecular complexity index is 511. The smallest absolute Gasteiger partial charge is 0.144 e. The summed E-state index contributed by atoms with van der Waals surface area (Å²) in [5, 5.41) is 3.23. The van der Waals surface area contributed by atoms with E-state index in [-0.39, 0.29) is 0 Å². The van der Waals surface area contributed by atoms with Crippen molar-refractivity contribution in [2.75, 3.05) is 11.1 Å². The molecule has 4 heteroatoms. The summed E-state index contributed by atoms with van der Waals surface area (Å²) in [6.07, 6.45) is 1.63. The third-order valence-corrected chi connectivity index (χ3v) is 2.75. The van der Waals surface area contributed by atoms with Crippen LogP contribution in [0.3, 0.4) is 0 Å². The highest BCUT2D eigenvalue weighted by molar-refractivity contribution is 9.10. The van der Waals surface area contributed by atoms with E-state index in [2.05, 4.69) is 45.3 Å². The van der Waals surface area contributed by atoms with Crippen molar-refractivity contribution >= 4 is 33.1 Å². The van der Waals surface area contributed by atoms with Gasteiger partial charge in [-0.15, -0.1) is 0 Å². The summed E-state index contributed by atoms with van der Waals surface area (Å²) < 4.78 is 0.856. The minimum atomic E-state index is 0.640. The Kier molecular flexibility index (Phi) is 3.10. The van der Waals surface area contributed by atoms with Crippen LogP contribution in [-0.4, -0.2) is 4.98 Å². The third-order valence-electron chi connectivity index (χ3n) is 2.14. The predicted octanol–water partition coefficient (Wildman–Crippen LogP) is 3.48. The first-order valence-corrected chi connectivity index (χ1v) is 5.69. The maximum atomic E-state index is 5.62. The molecule has 0 spiro atoms. The number of benzene rings is 1. The van der Waals surface area contributed by atoms with Crippen molar-refractivity contribution in [3.05, 3.63) is 46.6 Å². The second kappa shape index (κ2) is 4.53. The molecule has 0 radical (unpaired) electrons. The summed E-state index contributed by atoms with van der Waals surface area (Å²) >= 11 is 3.42. The monoisotopic (exact) mass is 277 g/mol. The van der Waals surface area contributed by atoms with Crippen LogP contribution >= 0.6 is 15.9 Å². The van der Waals surface area contributed by atoms with Crippen molar-refractivity contribution in [3.8, 4) is 0 Å². The molecule has 1 heterocycles. The lowest BCUT2D eigenvalue weighted by Gasteiger charge is -2.08. The Morgan fingerprint density at radius 2 is 2.12 bits per heavy atom. The van der Waals surface area contributed by atoms with Gasteiger partial charge in [0.2, 0.25) is 0 Å². The molecule has 3 nitrogen and oxygen atoms in total. The maximum Gasteiger partial charge on any atom is 0.144 e. The standard InChI is InChI=1S/C12H12BrN3/c1-8-3-2-4-10(5-8)16-12-11(13)6-9(14)7-15-12/h2-7H,14H2,1H3,(H,15,16). The van der Waals surface area contributed by atoms with E-state index in [0.29, 0.717) is 5.69 Å². The van der Waals surface area contributed by atoms with E-state index in [1.165, 1.54) is 5.56 Å². The van der Waals surface area contributed by atoms with Gasteiger partial charge in [-0.3, -0.25) is 0 Å². The fraction of sp³-hybridized carbons (Fsp3) is 0.0833. The number of hydrogen-bond donors (Lipinski definition) is 2. The minimum Gasteiger partial charge on any atom is -0.397 e. The molecule has 0 atom stereocenters. The Labute approximate surface area is 103 Å². The van der Waals surface area contributed by atoms with Gasteiger partial charge in [0.05, 0.1) is 16.4 Å². The van der Waals surface area contributed by atoms with Crippen LogP contribution in [0.5, 0.6) is 0 Å². The van der Waals surface area contributed by atoms with Crippen LogP contribution in [0.4, 0.5) is 17.2 Å². The number of anilines is 3. The molecule has 82 valence electrons. The highest BCUT2D eigenvalue weighted by Gasteiger charge is 2.02. The highest BCUT2D eigenvalue weighted by Crippen LogP contribution is 2.25. The molecule has 0 amide bonds. The number of halogens is 1. The summed E-state index contributed by atoms with van der Waals surface area (Å²) in [4.78, 5) is 4.22. The number of aromatic nitrogens is 1. The van der Waals surface area contributed by atoms with Crippen LogP contribution in [0.1, 0.15) is 5.56 Å². The Morgan fingerprint density at radius 1 is 1.31 bits per heavy atom. The van der Waals surface area contributed by atoms with Gasteiger partial charge >= 0.3 is 0 Å². The highest BCUT2D eigenvalue weighted by atomic mass is 79.9. The van der Waals surface area contributed by atoms with Crippen LogP contribution in [0.15, 0.2) is 41.0 Å². The topological polar surface area (TPSA) is 50.9 Å². The minimum absolute atomic E-state index is 0.640. The largest absolute Gasteiger partial charge is 0.397 e. The number of pyridine rings is 1. The average molecular weight is 278 g/mol. The van der Waals surface area contributed by atoms with Gasteiger partial charge in [-0.1, -0.05) is 12.1 Å². The number of nitrogens with zero attached hydrogens (tertiary/aromatic N) is 1. The molecule has 0 bridgehead atoms. The van der Waals surface area contributed by atoms with Crippen molar-refractivity contribution in [2.45, 2.75) is 6.92 Å². The number of hydrogen-bond acceptors (Lipinski definition) is 3. The van der Waals surface area contributed by atoms with Gasteiger partial charge in [0.25, 0.3) is 0 Å². The normalized spacial score (nSPS) is 10.1. The van der Waals surface area contributed by atoms with Gasteiger partial charge in [-0.05, 0) is 46.6 Å². The fourth-order valence-corrected chi connectivity index (χ4v) is 1.87. The van der Waals surface area contributed by atoms with Crippen molar-refractivity contribution in [1.82, 2.24) is 4.98 Å². The van der Waals surface area contributed by atoms with Crippen molar-refractivity contribution in [1.29, 1.82) is 0 Å². The molecular weight excluding hydrogens is 266 g/mol. The molecule has 0 saturated heterocycles. The molecule has 0 unspecified atom stereocenters. The lowest BCUT2D eigenvalue weighted by molar-refractivity contribution is 1.29. The second-order valence-corrected chi connectivity index (χ2v) is 4.45. The van der Waals surface area contributed by atoms with E-state index in [1.54, 1.807) is 6.20 Å². The quantitative estimate of drug-likeness (QED) is 0.884. The van der Waals surface area contributed by atoms with E-state index in [9.17, 15) is 0 Å². The first kappa shape index (κ1) is 11.0. The van der Waals surface area contributed by atoms with Gasteiger partial charge in [0, 0.05) is 5.69 Å². The molecule has 1 aromatic heterocycles. The zero-order valence-electron chi connectivity index (χ0n) is 8.87. The van der Waals surface area contributed by atoms with Gasteiger partial charge in [0.1, 0.15) is 5.82 Å². The van der Waals surface area contributed by atoms with E-state index in [0.717, 1.165) is 16.0 Å². The number of rotatable bonds is 2. The Balaban J connectivity index is 2.27. The third kappa shape index (κ3) is 2.52. The molecule has 0 aliphatic rings. The van der Waals surface area contributed by atoms with Gasteiger partial charge < -0.3 is 11.1 Å². The number of nitrogens with one attached hydrogen (secondary N) is 1. The van der Waals surface area contributed by atoms with Gasteiger partial charge in [0.15, 0.2) is 0 Å². The summed E-state index contributed by atoms with van der Waals surface area (Å²) in [6, 6.07) is 9.94. The lowest BCUT2D eigenvalue weighted by Crippen LogP contribution is -1.96. The molecule has 0 aliphatic carbocycles. The van der Waals surface area contributed by atoms with Crippen molar-refractivity contribution in [2.24, 2.45) is 0 Å². The Hall–Kier alpha value is -1.55. The van der Waals surface area contributed by atoms with Crippen LogP contribution in [0.2, 0.25) is 0 Å². The lowest BCUT2D eigenvalue weighted by atomic mass is 10.2. The average Bonchev–Trinajstić information content (AvgIpc) is 2.22. The molecule has 0 aliphatic heterocycles. The molecule has 2 aromatic rings. The second-order valence-electron chi connectivity index (χ2n) is 3.59. The zero-order valence-corrected chi connectivity index (χ0v) is 10.5. The molecular formula is C12H12BrN3. The van der Waals surface area contributed by atoms with Gasteiger partial charge in [-0.25, -0.2) is 4.98 Å². The summed E-state index contributed by atoms with van der Waals surface area (Å²) in [7, 11) is 0. The van der Waals surface area contributed by atoms with E-state index in [1.807, 2.05) is 18.2 Å². The Morgan fingerprint density at radius 3 is 2.81 bits per heavy atom. The maximum absolute atomic E-state index is 5.62. The van der Waals surface area contributed by atoms with Crippen LogP contribution in [-0.2, 0) is 0 Å². The molecule has 0 fully saturated rings. The first-order valence-electron chi connectivity index (χ1n) is 4.90. The van der Waals surface area contributed by atoms with Crippen LogP contribution < -0.4 is 11.1 Å². The molecule has 3 N–H and O–H groups in total. The summed E-state index contributed by atoms with van der Waals surface area (Å²) in [5.41, 5.74) is 8.48. The summed E-state index contributed by atoms with van der Waals surface area (Å²) in [5.74, 6) is 0.764. The molecule has 16 heavy (non-hydrogen) atoms. The molecule has 1 aromatic carbocycles. The number of nitrogens with two attached hydrogens (primary N) is 1. The number of aryl methyl sites for hydroxylation is 1. The van der Waals surface area contributed by atoms with E-state index < -0.39 is 0 Å². The zero-order chi connectivity index (χ0) is 11.5. The summed E-state index contributed by atoms with van der Waals surface area (Å²) in [6.45, 7) is 2.05. The fourth-order valence-electron chi connectivity index (χ4n) is 1.40. The van der Waals surface area contributed by atoms with Crippen LogP contribution in [0, 0.1) is 6.92 Å². The van der Waals surface area contributed by atoms with Crippen molar-refractivity contribution in [3.63, 3.8) is 0 Å². The first-order chi connectivity index (χ1) is 7.65. The van der Waals surface area contributed by atoms with Crippen LogP contribution in [0.25, 0.3) is 0 Å². The van der Waals surface area contributed by atoms with Crippen molar-refractivity contribution < 1.29 is 0 Å². The number of nitrogen functional groups attached to an aromatic ring is 1. The molecule has 0 saturated carbocycles. The SMILES string of the molecule is Cc1cccc(Nc2ncc(N)cc2Br)c1. The predicted molar refractivity (Wildman–Crippen MR) is 70.8 cm³/mol. The molecule has 2 rings (SSSR count). The van der Waals surface area contributed by atoms with E-state index in [4.69, 9.17) is 5.73 Å². The van der Waals surface area contributed by atoms with E-state index >= 15 is 0 Å². The van der Waals surface area contributed by atoms with Gasteiger partial charge in [-0.2, -0.15) is 0 Å².